The van der Waals surface area contributed by atoms with E-state index in [-0.39, 0.29) is 0 Å². The zero-order valence-corrected chi connectivity index (χ0v) is 12.0. The Hall–Kier alpha value is -0.730. The van der Waals surface area contributed by atoms with Crippen LogP contribution >= 0.6 is 0 Å². The summed E-state index contributed by atoms with van der Waals surface area (Å²) in [6, 6.07) is 0. The smallest absolute Gasteiger partial charge is 0.267 e. The normalized spacial score (nSPS) is 21.9. The average Bonchev–Trinajstić information content (AvgIpc) is 2.25. The van der Waals surface area contributed by atoms with E-state index >= 15 is 0 Å². The monoisotopic (exact) mass is 238 g/mol. The summed E-state index contributed by atoms with van der Waals surface area (Å²) >= 11 is 0. The summed E-state index contributed by atoms with van der Waals surface area (Å²) < 4.78 is 2.45. The Morgan fingerprint density at radius 1 is 1.12 bits per heavy atom. The van der Waals surface area contributed by atoms with Gasteiger partial charge in [-0.1, -0.05) is 20.8 Å². The molecule has 0 aromatic heterocycles. The zero-order valence-electron chi connectivity index (χ0n) is 12.0. The van der Waals surface area contributed by atoms with Crippen LogP contribution in [0.5, 0.6) is 0 Å². The molecule has 0 bridgehead atoms. The summed E-state index contributed by atoms with van der Waals surface area (Å²) in [5.41, 5.74) is 0.441. The molecule has 0 spiro atoms. The van der Waals surface area contributed by atoms with Crippen molar-refractivity contribution in [1.29, 1.82) is 0 Å². The molecule has 0 saturated carbocycles. The molecule has 0 amide bonds. The fourth-order valence-corrected chi connectivity index (χ4v) is 2.83. The van der Waals surface area contributed by atoms with E-state index in [1.165, 1.54) is 57.9 Å². The van der Waals surface area contributed by atoms with Gasteiger partial charge in [-0.25, -0.2) is 0 Å². The van der Waals surface area contributed by atoms with Crippen LogP contribution in [0.2, 0.25) is 0 Å². The van der Waals surface area contributed by atoms with Gasteiger partial charge in [0.25, 0.3) is 0 Å². The molecule has 0 aliphatic carbocycles. The van der Waals surface area contributed by atoms with Gasteiger partial charge in [-0.15, -0.1) is 0 Å². The Balaban J connectivity index is 2.05. The minimum Gasteiger partial charge on any atom is -0.267 e. The lowest BCUT2D eigenvalue weighted by Gasteiger charge is -2.37. The van der Waals surface area contributed by atoms with E-state index in [9.17, 15) is 0 Å². The molecule has 0 aromatic rings. The molecule has 2 aliphatic heterocycles. The Labute approximate surface area is 106 Å². The first-order valence-electron chi connectivity index (χ1n) is 7.05. The fourth-order valence-electron chi connectivity index (χ4n) is 2.83. The molecule has 0 aromatic carbocycles. The highest BCUT2D eigenvalue weighted by atomic mass is 15.4. The van der Waals surface area contributed by atoms with E-state index < -0.39 is 0 Å². The maximum absolute atomic E-state index is 2.61. The van der Waals surface area contributed by atoms with E-state index in [0.29, 0.717) is 5.41 Å². The Morgan fingerprint density at radius 3 is 2.53 bits per heavy atom. The van der Waals surface area contributed by atoms with Crippen molar-refractivity contribution in [3.8, 4) is 0 Å². The largest absolute Gasteiger partial charge is 0.350 e. The molecule has 1 saturated heterocycles. The second kappa shape index (κ2) is 4.87. The quantitative estimate of drug-likeness (QED) is 0.679. The maximum Gasteiger partial charge on any atom is 0.350 e. The van der Waals surface area contributed by atoms with Crippen molar-refractivity contribution >= 4 is 5.96 Å². The predicted molar refractivity (Wildman–Crippen MR) is 72.5 cm³/mol. The van der Waals surface area contributed by atoms with Crippen LogP contribution in [0, 0.1) is 5.41 Å². The molecule has 1 fully saturated rings. The van der Waals surface area contributed by atoms with Crippen molar-refractivity contribution in [1.82, 2.24) is 9.80 Å². The molecule has 3 heteroatoms. The van der Waals surface area contributed by atoms with Crippen LogP contribution in [-0.4, -0.2) is 60.1 Å². The van der Waals surface area contributed by atoms with Gasteiger partial charge < -0.3 is 0 Å². The highest BCUT2D eigenvalue weighted by Gasteiger charge is 2.34. The lowest BCUT2D eigenvalue weighted by molar-refractivity contribution is -0.515. The SMILES string of the molecule is C[N+]1=C2N(CCCN2CCC(C)(C)C)CCC1. The van der Waals surface area contributed by atoms with Gasteiger partial charge in [0.1, 0.15) is 0 Å². The van der Waals surface area contributed by atoms with Gasteiger partial charge in [0.2, 0.25) is 0 Å². The van der Waals surface area contributed by atoms with E-state index in [1.54, 1.807) is 0 Å². The number of hydrogen-bond donors (Lipinski definition) is 0. The Kier molecular flexibility index (Phi) is 3.64. The maximum atomic E-state index is 2.61. The first kappa shape index (κ1) is 12.7. The van der Waals surface area contributed by atoms with Crippen molar-refractivity contribution in [2.75, 3.05) is 39.8 Å². The first-order valence-corrected chi connectivity index (χ1v) is 7.05. The van der Waals surface area contributed by atoms with E-state index in [4.69, 9.17) is 0 Å². The molecule has 0 atom stereocenters. The molecule has 2 heterocycles. The number of guanidine groups is 1. The summed E-state index contributed by atoms with van der Waals surface area (Å²) in [5, 5.41) is 0. The molecule has 98 valence electrons. The van der Waals surface area contributed by atoms with Crippen LogP contribution in [0.3, 0.4) is 0 Å². The van der Waals surface area contributed by atoms with Crippen LogP contribution in [0.4, 0.5) is 0 Å². The molecule has 2 rings (SSSR count). The van der Waals surface area contributed by atoms with Gasteiger partial charge in [0.05, 0.1) is 39.8 Å². The molecule has 0 radical (unpaired) electrons. The summed E-state index contributed by atoms with van der Waals surface area (Å²) in [6.45, 7) is 13.2. The third kappa shape index (κ3) is 3.14. The van der Waals surface area contributed by atoms with Gasteiger partial charge in [-0.2, -0.15) is 0 Å². The van der Waals surface area contributed by atoms with Crippen LogP contribution in [0.25, 0.3) is 0 Å². The van der Waals surface area contributed by atoms with Crippen LogP contribution < -0.4 is 0 Å². The molecule has 17 heavy (non-hydrogen) atoms. The Bertz CT molecular complexity index is 301. The molecule has 0 unspecified atom stereocenters. The summed E-state index contributed by atoms with van der Waals surface area (Å²) in [4.78, 5) is 5.18. The summed E-state index contributed by atoms with van der Waals surface area (Å²) in [5.74, 6) is 1.49. The van der Waals surface area contributed by atoms with Crippen molar-refractivity contribution < 1.29 is 4.58 Å². The third-order valence-electron chi connectivity index (χ3n) is 3.82. The molecule has 0 N–H and O–H groups in total. The standard InChI is InChI=1S/C14H28N3/c1-14(2,3)7-12-17-11-6-10-16-9-5-8-15(4)13(16)17/h5-12H2,1-4H3/q+1. The second-order valence-electron chi connectivity index (χ2n) is 6.71. The van der Waals surface area contributed by atoms with Gasteiger partial charge in [0.15, 0.2) is 0 Å². The van der Waals surface area contributed by atoms with E-state index in [2.05, 4.69) is 42.2 Å². The fraction of sp³-hybridized carbons (Fsp3) is 0.929. The van der Waals surface area contributed by atoms with Gasteiger partial charge in [-0.3, -0.25) is 14.4 Å². The summed E-state index contributed by atoms with van der Waals surface area (Å²) in [7, 11) is 2.25. The van der Waals surface area contributed by atoms with Crippen molar-refractivity contribution in [3.05, 3.63) is 0 Å². The lowest BCUT2D eigenvalue weighted by Crippen LogP contribution is -2.57. The minimum atomic E-state index is 0.441. The number of fused-ring (bicyclic) bond motifs is 1. The highest BCUT2D eigenvalue weighted by Crippen LogP contribution is 2.21. The molecule has 2 aliphatic rings. The summed E-state index contributed by atoms with van der Waals surface area (Å²) in [6.07, 6.45) is 3.91. The van der Waals surface area contributed by atoms with Crippen molar-refractivity contribution in [2.45, 2.75) is 40.0 Å². The highest BCUT2D eigenvalue weighted by molar-refractivity contribution is 5.76. The van der Waals surface area contributed by atoms with Crippen molar-refractivity contribution in [3.63, 3.8) is 0 Å². The van der Waals surface area contributed by atoms with Crippen LogP contribution in [0.15, 0.2) is 0 Å². The average molecular weight is 238 g/mol. The van der Waals surface area contributed by atoms with Crippen LogP contribution in [-0.2, 0) is 0 Å². The number of rotatable bonds is 2. The van der Waals surface area contributed by atoms with Gasteiger partial charge in [0, 0.05) is 12.8 Å². The minimum absolute atomic E-state index is 0.441. The van der Waals surface area contributed by atoms with Gasteiger partial charge >= 0.3 is 5.96 Å². The zero-order chi connectivity index (χ0) is 12.5. The number of nitrogens with zero attached hydrogens (tertiary/aromatic N) is 3. The molecular weight excluding hydrogens is 210 g/mol. The molecular formula is C14H28N3+. The number of hydrogen-bond acceptors (Lipinski definition) is 2. The lowest BCUT2D eigenvalue weighted by atomic mass is 9.92. The first-order chi connectivity index (χ1) is 7.97. The second-order valence-corrected chi connectivity index (χ2v) is 6.71. The predicted octanol–water partition coefficient (Wildman–Crippen LogP) is 1.83. The van der Waals surface area contributed by atoms with Crippen molar-refractivity contribution in [2.24, 2.45) is 5.41 Å². The Morgan fingerprint density at radius 2 is 1.82 bits per heavy atom. The topological polar surface area (TPSA) is 9.49 Å². The molecule has 3 nitrogen and oxygen atoms in total. The van der Waals surface area contributed by atoms with E-state index in [1.807, 2.05) is 0 Å². The van der Waals surface area contributed by atoms with Crippen LogP contribution in [0.1, 0.15) is 40.0 Å². The van der Waals surface area contributed by atoms with Gasteiger partial charge in [-0.05, 0) is 11.8 Å². The van der Waals surface area contributed by atoms with E-state index in [0.717, 1.165) is 0 Å². The third-order valence-corrected chi connectivity index (χ3v) is 3.82.